The molecule has 1 amide bonds. The predicted octanol–water partition coefficient (Wildman–Crippen LogP) is 0.889. The molecule has 4 nitrogen and oxygen atoms in total. The van der Waals surface area contributed by atoms with Gasteiger partial charge in [-0.25, -0.2) is 0 Å². The lowest BCUT2D eigenvalue weighted by Gasteiger charge is -2.21. The second kappa shape index (κ2) is 4.04. The zero-order chi connectivity index (χ0) is 11.7. The Morgan fingerprint density at radius 1 is 1.50 bits per heavy atom. The van der Waals surface area contributed by atoms with E-state index in [2.05, 4.69) is 4.90 Å². The van der Waals surface area contributed by atoms with E-state index >= 15 is 0 Å². The maximum Gasteiger partial charge on any atom is 0.222 e. The molecular formula is C12H17N3O. The number of hydrogen-bond donors (Lipinski definition) is 2. The van der Waals surface area contributed by atoms with Gasteiger partial charge in [-0.3, -0.25) is 4.79 Å². The number of nitrogen functional groups attached to an aromatic ring is 1. The Hall–Kier alpha value is -1.71. The van der Waals surface area contributed by atoms with E-state index in [0.29, 0.717) is 6.54 Å². The van der Waals surface area contributed by atoms with Gasteiger partial charge < -0.3 is 16.4 Å². The van der Waals surface area contributed by atoms with Crippen molar-refractivity contribution in [2.24, 2.45) is 11.7 Å². The van der Waals surface area contributed by atoms with Crippen molar-refractivity contribution in [3.05, 3.63) is 23.8 Å². The fourth-order valence-corrected chi connectivity index (χ4v) is 2.18. The third-order valence-electron chi connectivity index (χ3n) is 3.16. The molecule has 86 valence electrons. The topological polar surface area (TPSA) is 72.3 Å². The Balaban J connectivity index is 2.20. The van der Waals surface area contributed by atoms with E-state index < -0.39 is 0 Å². The van der Waals surface area contributed by atoms with Gasteiger partial charge in [-0.15, -0.1) is 0 Å². The molecule has 4 heteroatoms. The van der Waals surface area contributed by atoms with Gasteiger partial charge in [0.2, 0.25) is 5.91 Å². The van der Waals surface area contributed by atoms with Crippen LogP contribution in [0.4, 0.5) is 11.4 Å². The molecular weight excluding hydrogens is 202 g/mol. The minimum atomic E-state index is -0.205. The van der Waals surface area contributed by atoms with E-state index in [0.717, 1.165) is 24.3 Å². The van der Waals surface area contributed by atoms with Crippen LogP contribution in [0.15, 0.2) is 18.2 Å². The number of aryl methyl sites for hydroxylation is 1. The molecule has 0 spiro atoms. The van der Waals surface area contributed by atoms with Crippen molar-refractivity contribution in [3.8, 4) is 0 Å². The number of nitrogens with two attached hydrogens (primary N) is 2. The quantitative estimate of drug-likeness (QED) is 0.725. The molecule has 0 bridgehead atoms. The summed E-state index contributed by atoms with van der Waals surface area (Å²) in [6.45, 7) is 3.63. The second-order valence-corrected chi connectivity index (χ2v) is 4.38. The van der Waals surface area contributed by atoms with Crippen LogP contribution >= 0.6 is 0 Å². The summed E-state index contributed by atoms with van der Waals surface area (Å²) in [5.74, 6) is -0.232. The number of anilines is 2. The Kier molecular flexibility index (Phi) is 2.73. The van der Waals surface area contributed by atoms with Crippen LogP contribution < -0.4 is 16.4 Å². The molecule has 1 unspecified atom stereocenters. The van der Waals surface area contributed by atoms with Gasteiger partial charge in [0.25, 0.3) is 0 Å². The van der Waals surface area contributed by atoms with Crippen molar-refractivity contribution in [1.29, 1.82) is 0 Å². The van der Waals surface area contributed by atoms with Gasteiger partial charge in [0, 0.05) is 24.5 Å². The molecule has 1 aliphatic heterocycles. The second-order valence-electron chi connectivity index (χ2n) is 4.38. The zero-order valence-electron chi connectivity index (χ0n) is 9.44. The molecule has 0 radical (unpaired) electrons. The molecule has 0 aromatic heterocycles. The third kappa shape index (κ3) is 1.96. The predicted molar refractivity (Wildman–Crippen MR) is 65.1 cm³/mol. The number of carbonyl (C=O) groups is 1. The Bertz CT molecular complexity index is 417. The molecule has 16 heavy (non-hydrogen) atoms. The maximum atomic E-state index is 11.1. The molecule has 0 saturated carbocycles. The van der Waals surface area contributed by atoms with Crippen LogP contribution in [-0.2, 0) is 4.79 Å². The Labute approximate surface area is 95.2 Å². The monoisotopic (exact) mass is 219 g/mol. The number of carbonyl (C=O) groups excluding carboxylic acids is 1. The van der Waals surface area contributed by atoms with E-state index in [9.17, 15) is 4.79 Å². The van der Waals surface area contributed by atoms with Gasteiger partial charge in [0.1, 0.15) is 0 Å². The first-order valence-corrected chi connectivity index (χ1v) is 5.48. The largest absolute Gasteiger partial charge is 0.399 e. The van der Waals surface area contributed by atoms with E-state index in [1.54, 1.807) is 0 Å². The third-order valence-corrected chi connectivity index (χ3v) is 3.16. The fourth-order valence-electron chi connectivity index (χ4n) is 2.18. The van der Waals surface area contributed by atoms with Crippen molar-refractivity contribution >= 4 is 17.3 Å². The molecule has 4 N–H and O–H groups in total. The van der Waals surface area contributed by atoms with Crippen molar-refractivity contribution in [2.75, 3.05) is 23.7 Å². The summed E-state index contributed by atoms with van der Waals surface area (Å²) >= 11 is 0. The van der Waals surface area contributed by atoms with E-state index in [1.807, 2.05) is 25.1 Å². The molecule has 1 aliphatic rings. The minimum absolute atomic E-state index is 0.0270. The average molecular weight is 219 g/mol. The molecule has 1 fully saturated rings. The summed E-state index contributed by atoms with van der Waals surface area (Å²) in [6.07, 6.45) is 0.837. The first-order chi connectivity index (χ1) is 7.58. The van der Waals surface area contributed by atoms with E-state index in [4.69, 9.17) is 11.5 Å². The van der Waals surface area contributed by atoms with Crippen molar-refractivity contribution in [1.82, 2.24) is 0 Å². The average Bonchev–Trinajstić information content (AvgIpc) is 2.70. The highest BCUT2D eigenvalue weighted by atomic mass is 16.1. The molecule has 1 saturated heterocycles. The summed E-state index contributed by atoms with van der Waals surface area (Å²) < 4.78 is 0. The van der Waals surface area contributed by atoms with Crippen LogP contribution in [0.5, 0.6) is 0 Å². The summed E-state index contributed by atoms with van der Waals surface area (Å²) in [5.41, 5.74) is 14.1. The summed E-state index contributed by atoms with van der Waals surface area (Å²) in [5, 5.41) is 0. The summed E-state index contributed by atoms with van der Waals surface area (Å²) in [4.78, 5) is 13.3. The molecule has 0 aliphatic carbocycles. The van der Waals surface area contributed by atoms with Crippen molar-refractivity contribution in [3.63, 3.8) is 0 Å². The van der Waals surface area contributed by atoms with Crippen LogP contribution in [0.25, 0.3) is 0 Å². The lowest BCUT2D eigenvalue weighted by molar-refractivity contribution is -0.121. The van der Waals surface area contributed by atoms with Gasteiger partial charge in [-0.1, -0.05) is 6.07 Å². The highest BCUT2D eigenvalue weighted by Crippen LogP contribution is 2.28. The number of rotatable bonds is 2. The van der Waals surface area contributed by atoms with E-state index in [1.165, 1.54) is 5.56 Å². The molecule has 1 atom stereocenters. The molecule has 1 heterocycles. The highest BCUT2D eigenvalue weighted by Gasteiger charge is 2.27. The van der Waals surface area contributed by atoms with Gasteiger partial charge >= 0.3 is 0 Å². The zero-order valence-corrected chi connectivity index (χ0v) is 9.44. The molecule has 2 rings (SSSR count). The fraction of sp³-hybridized carbons (Fsp3) is 0.417. The number of amides is 1. The summed E-state index contributed by atoms with van der Waals surface area (Å²) in [7, 11) is 0. The molecule has 1 aromatic carbocycles. The first kappa shape index (κ1) is 10.8. The van der Waals surface area contributed by atoms with Crippen LogP contribution in [-0.4, -0.2) is 19.0 Å². The smallest absolute Gasteiger partial charge is 0.222 e. The lowest BCUT2D eigenvalue weighted by atomic mass is 10.1. The highest BCUT2D eigenvalue weighted by molar-refractivity contribution is 5.78. The number of benzene rings is 1. The van der Waals surface area contributed by atoms with Gasteiger partial charge in [0.15, 0.2) is 0 Å². The normalized spacial score (nSPS) is 20.1. The van der Waals surface area contributed by atoms with Crippen LogP contribution in [0.1, 0.15) is 12.0 Å². The number of nitrogens with zero attached hydrogens (tertiary/aromatic N) is 1. The first-order valence-electron chi connectivity index (χ1n) is 5.48. The lowest BCUT2D eigenvalue weighted by Crippen LogP contribution is -2.27. The van der Waals surface area contributed by atoms with Gasteiger partial charge in [0.05, 0.1) is 5.92 Å². The van der Waals surface area contributed by atoms with Crippen LogP contribution in [0.2, 0.25) is 0 Å². The van der Waals surface area contributed by atoms with Gasteiger partial charge in [-0.05, 0) is 31.0 Å². The van der Waals surface area contributed by atoms with Crippen molar-refractivity contribution < 1.29 is 4.79 Å². The standard InChI is InChI=1S/C12H17N3O/c1-8-2-3-10(13)6-11(8)15-5-4-9(7-15)12(14)16/h2-3,6,9H,4-5,7,13H2,1H3,(H2,14,16). The number of hydrogen-bond acceptors (Lipinski definition) is 3. The minimum Gasteiger partial charge on any atom is -0.399 e. The van der Waals surface area contributed by atoms with E-state index in [-0.39, 0.29) is 11.8 Å². The van der Waals surface area contributed by atoms with Crippen molar-refractivity contribution in [2.45, 2.75) is 13.3 Å². The SMILES string of the molecule is Cc1ccc(N)cc1N1CCC(C(N)=O)C1. The number of primary amides is 1. The van der Waals surface area contributed by atoms with Crippen LogP contribution in [0.3, 0.4) is 0 Å². The Morgan fingerprint density at radius 2 is 2.25 bits per heavy atom. The Morgan fingerprint density at radius 3 is 2.88 bits per heavy atom. The molecule has 1 aromatic rings. The van der Waals surface area contributed by atoms with Crippen LogP contribution in [0, 0.1) is 12.8 Å². The summed E-state index contributed by atoms with van der Waals surface area (Å²) in [6, 6.07) is 5.85. The van der Waals surface area contributed by atoms with Gasteiger partial charge in [-0.2, -0.15) is 0 Å². The maximum absolute atomic E-state index is 11.1.